The van der Waals surface area contributed by atoms with E-state index in [1.807, 2.05) is 4.90 Å². The molecule has 130 valence electrons. The van der Waals surface area contributed by atoms with Gasteiger partial charge in [-0.15, -0.1) is 0 Å². The Balaban J connectivity index is 1.43. The van der Waals surface area contributed by atoms with Crippen molar-refractivity contribution in [1.29, 1.82) is 0 Å². The van der Waals surface area contributed by atoms with Crippen LogP contribution in [0.4, 0.5) is 0 Å². The molecule has 1 aliphatic carbocycles. The number of nitrogens with zero attached hydrogens (tertiary/aromatic N) is 5. The van der Waals surface area contributed by atoms with Crippen molar-refractivity contribution < 1.29 is 9.59 Å². The lowest BCUT2D eigenvalue weighted by Gasteiger charge is -2.42. The van der Waals surface area contributed by atoms with E-state index >= 15 is 0 Å². The van der Waals surface area contributed by atoms with E-state index in [9.17, 15) is 9.59 Å². The normalized spacial score (nSPS) is 28.2. The quantitative estimate of drug-likeness (QED) is 0.830. The molecule has 1 saturated carbocycles. The fourth-order valence-corrected chi connectivity index (χ4v) is 4.68. The molecule has 2 amide bonds. The summed E-state index contributed by atoms with van der Waals surface area (Å²) in [6.07, 6.45) is 10.7. The van der Waals surface area contributed by atoms with E-state index in [0.29, 0.717) is 25.0 Å². The molecule has 2 aliphatic heterocycles. The van der Waals surface area contributed by atoms with Crippen LogP contribution in [0.5, 0.6) is 0 Å². The Labute approximate surface area is 142 Å². The van der Waals surface area contributed by atoms with E-state index in [0.717, 1.165) is 38.6 Å². The zero-order valence-electron chi connectivity index (χ0n) is 14.1. The maximum absolute atomic E-state index is 13.2. The minimum absolute atomic E-state index is 0.00821. The zero-order valence-corrected chi connectivity index (χ0v) is 14.1. The molecule has 3 fully saturated rings. The van der Waals surface area contributed by atoms with Crippen LogP contribution in [0.25, 0.3) is 0 Å². The van der Waals surface area contributed by atoms with Crippen LogP contribution in [0, 0.1) is 5.41 Å². The van der Waals surface area contributed by atoms with Gasteiger partial charge in [-0.3, -0.25) is 9.59 Å². The van der Waals surface area contributed by atoms with Crippen molar-refractivity contribution in [3.63, 3.8) is 0 Å². The molecule has 4 rings (SSSR count). The van der Waals surface area contributed by atoms with Crippen molar-refractivity contribution in [2.75, 3.05) is 19.6 Å². The number of amides is 2. The first-order chi connectivity index (χ1) is 11.7. The van der Waals surface area contributed by atoms with Gasteiger partial charge in [-0.05, 0) is 32.1 Å². The largest absolute Gasteiger partial charge is 0.340 e. The lowest BCUT2D eigenvalue weighted by atomic mass is 9.77. The van der Waals surface area contributed by atoms with Crippen LogP contribution in [0.2, 0.25) is 0 Å². The fourth-order valence-electron chi connectivity index (χ4n) is 4.68. The van der Waals surface area contributed by atoms with E-state index < -0.39 is 0 Å². The van der Waals surface area contributed by atoms with E-state index in [1.54, 1.807) is 12.4 Å². The van der Waals surface area contributed by atoms with E-state index in [-0.39, 0.29) is 17.9 Å². The summed E-state index contributed by atoms with van der Waals surface area (Å²) in [4.78, 5) is 31.0. The van der Waals surface area contributed by atoms with Crippen LogP contribution in [-0.4, -0.2) is 62.3 Å². The summed E-state index contributed by atoms with van der Waals surface area (Å²) in [6, 6.07) is 0.438. The van der Waals surface area contributed by atoms with Crippen molar-refractivity contribution in [2.24, 2.45) is 5.41 Å². The first-order valence-electron chi connectivity index (χ1n) is 9.11. The number of carbonyl (C=O) groups is 2. The van der Waals surface area contributed by atoms with Crippen molar-refractivity contribution in [1.82, 2.24) is 24.8 Å². The van der Waals surface area contributed by atoms with Gasteiger partial charge in [-0.2, -0.15) is 15.0 Å². The summed E-state index contributed by atoms with van der Waals surface area (Å²) < 4.78 is 0. The van der Waals surface area contributed by atoms with Crippen molar-refractivity contribution in [2.45, 2.75) is 57.5 Å². The molecule has 1 aromatic heterocycles. The highest BCUT2D eigenvalue weighted by atomic mass is 16.2. The van der Waals surface area contributed by atoms with Gasteiger partial charge in [0.15, 0.2) is 0 Å². The van der Waals surface area contributed by atoms with Crippen LogP contribution >= 0.6 is 0 Å². The summed E-state index contributed by atoms with van der Waals surface area (Å²) in [6.45, 7) is 2.29. The fraction of sp³-hybridized carbons (Fsp3) is 0.765. The van der Waals surface area contributed by atoms with Crippen molar-refractivity contribution in [3.05, 3.63) is 12.4 Å². The number of piperidine rings is 1. The molecule has 1 spiro atoms. The SMILES string of the molecule is O=C(Cn1nccn1)N1CC[C@@]2(CCCN(C3CCCC3)C2=O)C1. The highest BCUT2D eigenvalue weighted by Crippen LogP contribution is 2.42. The average Bonchev–Trinajstić information content (AvgIpc) is 3.32. The molecule has 0 N–H and O–H groups in total. The molecule has 1 aromatic rings. The van der Waals surface area contributed by atoms with Gasteiger partial charge < -0.3 is 9.80 Å². The predicted octanol–water partition coefficient (Wildman–Crippen LogP) is 1.06. The molecule has 3 aliphatic rings. The van der Waals surface area contributed by atoms with E-state index in [1.165, 1.54) is 17.6 Å². The number of likely N-dealkylation sites (tertiary alicyclic amines) is 2. The summed E-state index contributed by atoms with van der Waals surface area (Å²) in [5, 5.41) is 7.99. The third-order valence-corrected chi connectivity index (χ3v) is 5.98. The summed E-state index contributed by atoms with van der Waals surface area (Å²) in [5.41, 5.74) is -0.339. The second-order valence-corrected chi connectivity index (χ2v) is 7.45. The number of rotatable bonds is 3. The monoisotopic (exact) mass is 331 g/mol. The van der Waals surface area contributed by atoms with Gasteiger partial charge in [-0.25, -0.2) is 0 Å². The van der Waals surface area contributed by atoms with Gasteiger partial charge in [-0.1, -0.05) is 12.8 Å². The third-order valence-electron chi connectivity index (χ3n) is 5.98. The van der Waals surface area contributed by atoms with Gasteiger partial charge in [0.1, 0.15) is 6.54 Å². The standard InChI is InChI=1S/C17H25N5O2/c23-15(12-22-18-8-9-19-22)20-11-7-17(13-20)6-3-10-21(16(17)24)14-4-1-2-5-14/h8-9,14H,1-7,10-13H2/t17-/m0/s1. The molecule has 0 aromatic carbocycles. The lowest BCUT2D eigenvalue weighted by molar-refractivity contribution is -0.148. The smallest absolute Gasteiger partial charge is 0.246 e. The number of aromatic nitrogens is 3. The summed E-state index contributed by atoms with van der Waals surface area (Å²) >= 11 is 0. The average molecular weight is 331 g/mol. The maximum atomic E-state index is 13.2. The van der Waals surface area contributed by atoms with Crippen molar-refractivity contribution in [3.8, 4) is 0 Å². The minimum atomic E-state index is -0.339. The predicted molar refractivity (Wildman–Crippen MR) is 86.9 cm³/mol. The highest BCUT2D eigenvalue weighted by Gasteiger charge is 2.50. The molecule has 7 nitrogen and oxygen atoms in total. The Morgan fingerprint density at radius 3 is 2.62 bits per heavy atom. The van der Waals surface area contributed by atoms with Crippen LogP contribution < -0.4 is 0 Å². The van der Waals surface area contributed by atoms with Crippen LogP contribution in [0.15, 0.2) is 12.4 Å². The molecule has 3 heterocycles. The number of carbonyl (C=O) groups excluding carboxylic acids is 2. The first-order valence-corrected chi connectivity index (χ1v) is 9.11. The van der Waals surface area contributed by atoms with Crippen LogP contribution in [0.3, 0.4) is 0 Å². The molecule has 0 unspecified atom stereocenters. The Bertz CT molecular complexity index is 611. The Morgan fingerprint density at radius 2 is 1.88 bits per heavy atom. The van der Waals surface area contributed by atoms with Gasteiger partial charge in [0.2, 0.25) is 11.8 Å². The molecular weight excluding hydrogens is 306 g/mol. The van der Waals surface area contributed by atoms with Gasteiger partial charge >= 0.3 is 0 Å². The van der Waals surface area contributed by atoms with Gasteiger partial charge in [0.05, 0.1) is 17.8 Å². The topological polar surface area (TPSA) is 71.3 Å². The molecule has 1 atom stereocenters. The summed E-state index contributed by atoms with van der Waals surface area (Å²) in [5.74, 6) is 0.307. The highest BCUT2D eigenvalue weighted by molar-refractivity contribution is 5.86. The molecule has 0 bridgehead atoms. The second-order valence-electron chi connectivity index (χ2n) is 7.45. The third kappa shape index (κ3) is 2.70. The van der Waals surface area contributed by atoms with E-state index in [4.69, 9.17) is 0 Å². The molecule has 7 heteroatoms. The Kier molecular flexibility index (Phi) is 4.02. The number of hydrogen-bond donors (Lipinski definition) is 0. The minimum Gasteiger partial charge on any atom is -0.340 e. The number of hydrogen-bond acceptors (Lipinski definition) is 4. The first kappa shape index (κ1) is 15.6. The van der Waals surface area contributed by atoms with Crippen molar-refractivity contribution >= 4 is 11.8 Å². The Morgan fingerprint density at radius 1 is 1.12 bits per heavy atom. The van der Waals surface area contributed by atoms with Crippen LogP contribution in [-0.2, 0) is 16.1 Å². The maximum Gasteiger partial charge on any atom is 0.246 e. The van der Waals surface area contributed by atoms with E-state index in [2.05, 4.69) is 15.1 Å². The Hall–Kier alpha value is -1.92. The molecule has 0 radical (unpaired) electrons. The lowest BCUT2D eigenvalue weighted by Crippen LogP contribution is -2.53. The zero-order chi connectivity index (χ0) is 16.6. The van der Waals surface area contributed by atoms with Gasteiger partial charge in [0, 0.05) is 25.7 Å². The molecule has 2 saturated heterocycles. The molecule has 24 heavy (non-hydrogen) atoms. The summed E-state index contributed by atoms with van der Waals surface area (Å²) in [7, 11) is 0. The second kappa shape index (κ2) is 6.18. The molecular formula is C17H25N5O2. The van der Waals surface area contributed by atoms with Gasteiger partial charge in [0.25, 0.3) is 0 Å². The van der Waals surface area contributed by atoms with Crippen LogP contribution in [0.1, 0.15) is 44.9 Å².